The summed E-state index contributed by atoms with van der Waals surface area (Å²) in [5.41, 5.74) is 0.274. The van der Waals surface area contributed by atoms with Crippen LogP contribution in [0.15, 0.2) is 65.5 Å². The van der Waals surface area contributed by atoms with Gasteiger partial charge in [0.25, 0.3) is 11.7 Å². The maximum Gasteiger partial charge on any atom is 0.312 e. The zero-order valence-electron chi connectivity index (χ0n) is 40.6. The summed E-state index contributed by atoms with van der Waals surface area (Å²) in [7, 11) is 1.43. The Morgan fingerprint density at radius 3 is 2.21 bits per heavy atom. The number of phenolic OH excluding ortho intramolecular Hbond substituents is 4. The molecule has 3 aromatic carbocycles. The summed E-state index contributed by atoms with van der Waals surface area (Å²) in [6.07, 6.45) is 4.75. The van der Waals surface area contributed by atoms with Crippen molar-refractivity contribution in [3.63, 3.8) is 0 Å². The molecule has 4 heterocycles. The number of allylic oxidation sites excluding steroid dienone is 2. The molecule has 7 N–H and O–H groups in total. The quantitative estimate of drug-likeness (QED) is 0.0614. The molecule has 11 atom stereocenters. The molecular weight excluding hydrogens is 877 g/mol. The van der Waals surface area contributed by atoms with Crippen molar-refractivity contribution in [1.29, 1.82) is 0 Å². The van der Waals surface area contributed by atoms with Crippen LogP contribution in [0.2, 0.25) is 0 Å². The largest absolute Gasteiger partial charge is 0.508 e. The molecule has 0 spiro atoms. The maximum absolute atomic E-state index is 14.6. The van der Waals surface area contributed by atoms with Crippen LogP contribution in [-0.2, 0) is 30.3 Å². The molecule has 0 unspecified atom stereocenters. The first kappa shape index (κ1) is 51.3. The number of hydrogen-bond donors (Lipinski definition) is 7. The van der Waals surface area contributed by atoms with E-state index in [1.165, 1.54) is 59.4 Å². The van der Waals surface area contributed by atoms with Crippen LogP contribution in [0, 0.1) is 30.6 Å². The number of ether oxygens (including phenoxy) is 4. The number of phenols is 4. The zero-order valence-corrected chi connectivity index (χ0v) is 40.6. The van der Waals surface area contributed by atoms with Crippen LogP contribution < -0.4 is 10.1 Å². The highest BCUT2D eigenvalue weighted by atomic mass is 16.7. The summed E-state index contributed by atoms with van der Waals surface area (Å²) < 4.78 is 23.8. The van der Waals surface area contributed by atoms with Gasteiger partial charge in [0.2, 0.25) is 0 Å². The topological polar surface area (TPSA) is 240 Å². The standard InChI is InChI=1S/C51H66N4O13/c1-25-15-14-16-26(2)50(64)53-41-35(21-52-55-27(3)22-54(23-28(55)4)24-34-17-12-13-18-36(34)57)45(61)38-39(46(41)62)44(60)32(8)48-40(38)49(63)51(10,68-48)66-20-19-37(65-11)29(5)47(67-33(9)56)31(7)43(59)30(6)42(25)58/h12-21,25,27-31,37,42-43,47,57-62H,22-24H2,1-11H3,(H,53,64)/t25-,27-,28+,29-,30-,31-,37+,42-,43-,47-,51-/m0/s1. The number of hydrazone groups is 1. The minimum Gasteiger partial charge on any atom is -0.508 e. The first-order chi connectivity index (χ1) is 32.0. The molecule has 1 fully saturated rings. The van der Waals surface area contributed by atoms with E-state index in [9.17, 15) is 45.0 Å². The average Bonchev–Trinajstić information content (AvgIpc) is 3.55. The monoisotopic (exact) mass is 942 g/mol. The number of fused-ring (bicyclic) bond motifs is 14. The highest BCUT2D eigenvalue weighted by molar-refractivity contribution is 6.23. The molecule has 368 valence electrons. The van der Waals surface area contributed by atoms with Crippen molar-refractivity contribution in [2.24, 2.45) is 28.8 Å². The fourth-order valence-corrected chi connectivity index (χ4v) is 9.66. The lowest BCUT2D eigenvalue weighted by Crippen LogP contribution is -2.54. The molecule has 7 rings (SSSR count). The lowest BCUT2D eigenvalue weighted by Gasteiger charge is -2.43. The number of nitrogens with one attached hydrogen (secondary N) is 1. The summed E-state index contributed by atoms with van der Waals surface area (Å²) in [6, 6.07) is 6.75. The second-order valence-electron chi connectivity index (χ2n) is 18.8. The fraction of sp³-hybridized carbons (Fsp3) is 0.490. The van der Waals surface area contributed by atoms with Crippen LogP contribution in [0.25, 0.3) is 10.8 Å². The van der Waals surface area contributed by atoms with Crippen LogP contribution in [0.1, 0.15) is 89.4 Å². The molecule has 1 saturated heterocycles. The van der Waals surface area contributed by atoms with E-state index in [4.69, 9.17) is 24.0 Å². The van der Waals surface area contributed by atoms with Gasteiger partial charge >= 0.3 is 11.8 Å². The van der Waals surface area contributed by atoms with Crippen LogP contribution in [-0.4, -0.2) is 127 Å². The molecule has 4 aliphatic rings. The zero-order chi connectivity index (χ0) is 50.1. The Labute approximate surface area is 396 Å². The third kappa shape index (κ3) is 10.0. The fourth-order valence-electron chi connectivity index (χ4n) is 9.66. The number of aromatic hydroxyl groups is 4. The van der Waals surface area contributed by atoms with E-state index in [1.807, 2.05) is 31.0 Å². The molecule has 0 aromatic heterocycles. The number of ketones is 1. The van der Waals surface area contributed by atoms with Crippen LogP contribution >= 0.6 is 0 Å². The maximum atomic E-state index is 14.6. The third-order valence-electron chi connectivity index (χ3n) is 13.7. The number of para-hydroxylation sites is 1. The molecule has 0 radical (unpaired) electrons. The van der Waals surface area contributed by atoms with E-state index in [0.717, 1.165) is 5.56 Å². The van der Waals surface area contributed by atoms with Gasteiger partial charge in [0.1, 0.15) is 29.1 Å². The van der Waals surface area contributed by atoms with Crippen LogP contribution in [0.3, 0.4) is 0 Å². The number of Topliss-reactive ketones (excluding diaryl/α,β-unsaturated/α-hetero) is 1. The average molecular weight is 943 g/mol. The van der Waals surface area contributed by atoms with Gasteiger partial charge < -0.3 is 54.9 Å². The summed E-state index contributed by atoms with van der Waals surface area (Å²) in [4.78, 5) is 43.2. The molecule has 3 aromatic rings. The number of carbonyl (C=O) groups is 3. The number of hydrogen-bond acceptors (Lipinski definition) is 16. The second kappa shape index (κ2) is 20.6. The number of nitrogens with zero attached hydrogens (tertiary/aromatic N) is 3. The van der Waals surface area contributed by atoms with Crippen molar-refractivity contribution in [1.82, 2.24) is 9.91 Å². The minimum absolute atomic E-state index is 0.0346. The van der Waals surface area contributed by atoms with Gasteiger partial charge in [-0.15, -0.1) is 0 Å². The predicted octanol–water partition coefficient (Wildman–Crippen LogP) is 6.39. The Morgan fingerprint density at radius 2 is 1.57 bits per heavy atom. The van der Waals surface area contributed by atoms with Crippen molar-refractivity contribution in [2.75, 3.05) is 25.5 Å². The van der Waals surface area contributed by atoms with Crippen molar-refractivity contribution in [3.05, 3.63) is 82.7 Å². The number of methoxy groups -OCH3 is 1. The van der Waals surface area contributed by atoms with Crippen LogP contribution in [0.4, 0.5) is 5.69 Å². The van der Waals surface area contributed by atoms with E-state index in [-0.39, 0.29) is 62.3 Å². The number of aliphatic hydroxyl groups excluding tert-OH is 2. The molecule has 0 aliphatic carbocycles. The minimum atomic E-state index is -2.08. The molecule has 17 nitrogen and oxygen atoms in total. The van der Waals surface area contributed by atoms with E-state index >= 15 is 0 Å². The number of aliphatic hydroxyl groups is 2. The lowest BCUT2D eigenvalue weighted by molar-refractivity contribution is -0.160. The van der Waals surface area contributed by atoms with E-state index < -0.39 is 88.8 Å². The van der Waals surface area contributed by atoms with E-state index in [0.29, 0.717) is 19.6 Å². The van der Waals surface area contributed by atoms with Gasteiger partial charge in [-0.25, -0.2) is 0 Å². The number of benzene rings is 3. The number of piperazine rings is 1. The Morgan fingerprint density at radius 1 is 0.912 bits per heavy atom. The predicted molar refractivity (Wildman–Crippen MR) is 256 cm³/mol. The molecular formula is C51H66N4O13. The summed E-state index contributed by atoms with van der Waals surface area (Å²) in [6.45, 7) is 18.0. The van der Waals surface area contributed by atoms with E-state index in [1.54, 1.807) is 52.0 Å². The molecule has 5 bridgehead atoms. The lowest BCUT2D eigenvalue weighted by atomic mass is 9.78. The highest BCUT2D eigenvalue weighted by Gasteiger charge is 2.50. The van der Waals surface area contributed by atoms with Crippen LogP contribution in [0.5, 0.6) is 28.7 Å². The number of amides is 1. The van der Waals surface area contributed by atoms with Gasteiger partial charge in [0.15, 0.2) is 5.75 Å². The van der Waals surface area contributed by atoms with Gasteiger partial charge in [-0.05, 0) is 39.8 Å². The molecule has 68 heavy (non-hydrogen) atoms. The van der Waals surface area contributed by atoms with Crippen molar-refractivity contribution < 1.29 is 64.0 Å². The van der Waals surface area contributed by atoms with E-state index in [2.05, 4.69) is 10.2 Å². The highest BCUT2D eigenvalue weighted by Crippen LogP contribution is 2.55. The van der Waals surface area contributed by atoms with Gasteiger partial charge in [-0.3, -0.25) is 24.3 Å². The smallest absolute Gasteiger partial charge is 0.312 e. The van der Waals surface area contributed by atoms with Gasteiger partial charge in [-0.2, -0.15) is 5.10 Å². The summed E-state index contributed by atoms with van der Waals surface area (Å²) in [5, 5.41) is 78.4. The first-order valence-electron chi connectivity index (χ1n) is 22.9. The normalized spacial score (nSPS) is 29.8. The molecule has 4 aliphatic heterocycles. The van der Waals surface area contributed by atoms with Gasteiger partial charge in [0, 0.05) is 86.3 Å². The molecule has 1 amide bonds. The Hall–Kier alpha value is -6.14. The number of rotatable bonds is 6. The molecule has 0 saturated carbocycles. The summed E-state index contributed by atoms with van der Waals surface area (Å²) >= 11 is 0. The SMILES string of the molecule is CO[C@@H]1C=CO[C@@]2(C)Oc3c(C)c(O)c4c(O)c(c(C=NN5[C@H](C)CN(Cc6ccccc6O)C[C@@H]5C)c(O)c4c3C2=O)NC(=O)C(C)=CC=C[C@H](C)[C@H](O)[C@H](C)[C@H](O)[C@H](C)[C@@H](OC(C)=O)[C@H]1C. The van der Waals surface area contributed by atoms with Crippen molar-refractivity contribution in [3.8, 4) is 28.7 Å². The summed E-state index contributed by atoms with van der Waals surface area (Å²) in [5.74, 6) is -8.45. The Balaban J connectivity index is 1.48. The third-order valence-corrected chi connectivity index (χ3v) is 13.7. The Bertz CT molecular complexity index is 2530. The first-order valence-corrected chi connectivity index (χ1v) is 22.9. The number of anilines is 1. The van der Waals surface area contributed by atoms with Gasteiger partial charge in [0.05, 0.1) is 65.1 Å². The Kier molecular flexibility index (Phi) is 15.5. The van der Waals surface area contributed by atoms with Crippen molar-refractivity contribution >= 4 is 40.3 Å². The number of esters is 1. The van der Waals surface area contributed by atoms with Crippen molar-refractivity contribution in [2.45, 2.75) is 118 Å². The second-order valence-corrected chi connectivity index (χ2v) is 18.8. The molecule has 17 heteroatoms. The van der Waals surface area contributed by atoms with Gasteiger partial charge in [-0.1, -0.05) is 64.1 Å². The number of carbonyl (C=O) groups excluding carboxylic acids is 3.